The number of carbonyl (C=O) groups excluding carboxylic acids is 3. The Bertz CT molecular complexity index is 1500. The normalized spacial score (nSPS) is 14.3. The molecule has 1 saturated carbocycles. The van der Waals surface area contributed by atoms with Crippen LogP contribution in [0.3, 0.4) is 0 Å². The molecule has 3 aromatic carbocycles. The number of ether oxygens (including phenoxy) is 2. The fourth-order valence-electron chi connectivity index (χ4n) is 5.57. The van der Waals surface area contributed by atoms with E-state index in [1.54, 1.807) is 48.4 Å². The number of rotatable bonds is 9. The van der Waals surface area contributed by atoms with Gasteiger partial charge in [0.05, 0.1) is 26.2 Å². The molecule has 8 nitrogen and oxygen atoms in total. The Hall–Kier alpha value is -4.59. The first-order chi connectivity index (χ1) is 20.0. The first kappa shape index (κ1) is 28.0. The zero-order chi connectivity index (χ0) is 28.8. The maximum Gasteiger partial charge on any atom is 0.337 e. The topological polar surface area (TPSA) is 101 Å². The Morgan fingerprint density at radius 2 is 1.63 bits per heavy atom. The van der Waals surface area contributed by atoms with Crippen molar-refractivity contribution in [3.8, 4) is 5.75 Å². The summed E-state index contributed by atoms with van der Waals surface area (Å²) in [5, 5.41) is 4.19. The number of nitrogens with zero attached hydrogens (tertiary/aromatic N) is 1. The van der Waals surface area contributed by atoms with Crippen LogP contribution in [0, 0.1) is 0 Å². The molecule has 0 spiro atoms. The molecule has 5 rings (SSSR count). The van der Waals surface area contributed by atoms with E-state index >= 15 is 0 Å². The van der Waals surface area contributed by atoms with Gasteiger partial charge in [-0.15, -0.1) is 0 Å². The van der Waals surface area contributed by atoms with Crippen molar-refractivity contribution >= 4 is 34.4 Å². The van der Waals surface area contributed by atoms with Crippen LogP contribution in [0.5, 0.6) is 5.75 Å². The molecule has 4 aromatic rings. The first-order valence-electron chi connectivity index (χ1n) is 14.0. The lowest BCUT2D eigenvalue weighted by atomic mass is 9.94. The number of methoxy groups -OCH3 is 2. The Kier molecular flexibility index (Phi) is 8.67. The van der Waals surface area contributed by atoms with Crippen molar-refractivity contribution in [1.82, 2.24) is 10.3 Å². The number of hydrogen-bond donors (Lipinski definition) is 2. The van der Waals surface area contributed by atoms with Gasteiger partial charge in [-0.1, -0.05) is 49.6 Å². The molecule has 41 heavy (non-hydrogen) atoms. The number of para-hydroxylation sites is 1. The van der Waals surface area contributed by atoms with Crippen LogP contribution in [-0.2, 0) is 20.7 Å². The lowest BCUT2D eigenvalue weighted by molar-refractivity contribution is -0.127. The Labute approximate surface area is 239 Å². The lowest BCUT2D eigenvalue weighted by Crippen LogP contribution is -2.47. The van der Waals surface area contributed by atoms with E-state index in [4.69, 9.17) is 9.47 Å². The van der Waals surface area contributed by atoms with E-state index < -0.39 is 12.0 Å². The van der Waals surface area contributed by atoms with E-state index in [-0.39, 0.29) is 24.3 Å². The molecular weight excluding hydrogens is 518 g/mol. The van der Waals surface area contributed by atoms with Crippen LogP contribution in [-0.4, -0.2) is 43.0 Å². The fraction of sp³-hybridized carbons (Fsp3) is 0.303. The van der Waals surface area contributed by atoms with Gasteiger partial charge in [-0.3, -0.25) is 14.5 Å². The third kappa shape index (κ3) is 6.27. The molecule has 2 N–H and O–H groups in total. The van der Waals surface area contributed by atoms with E-state index in [1.807, 2.05) is 42.6 Å². The molecule has 0 unspecified atom stereocenters. The number of hydrogen-bond acceptors (Lipinski definition) is 5. The number of carbonyl (C=O) groups is 3. The van der Waals surface area contributed by atoms with E-state index in [1.165, 1.54) is 7.11 Å². The monoisotopic (exact) mass is 553 g/mol. The summed E-state index contributed by atoms with van der Waals surface area (Å²) < 4.78 is 10.2. The van der Waals surface area contributed by atoms with Gasteiger partial charge >= 0.3 is 5.97 Å². The Balaban J connectivity index is 1.57. The number of fused-ring (bicyclic) bond motifs is 1. The number of aromatic amines is 1. The molecule has 2 amide bonds. The summed E-state index contributed by atoms with van der Waals surface area (Å²) in [5.41, 5.74) is 3.28. The maximum absolute atomic E-state index is 14.3. The van der Waals surface area contributed by atoms with Crippen molar-refractivity contribution < 1.29 is 23.9 Å². The molecule has 1 aliphatic rings. The summed E-state index contributed by atoms with van der Waals surface area (Å²) in [6.07, 6.45) is 7.04. The maximum atomic E-state index is 14.3. The van der Waals surface area contributed by atoms with Crippen molar-refractivity contribution in [1.29, 1.82) is 0 Å². The molecular formula is C33H35N3O5. The summed E-state index contributed by atoms with van der Waals surface area (Å²) in [5.74, 6) is -0.319. The van der Waals surface area contributed by atoms with Gasteiger partial charge in [0, 0.05) is 28.8 Å². The molecule has 1 atom stereocenters. The minimum absolute atomic E-state index is 0.0595. The largest absolute Gasteiger partial charge is 0.497 e. The zero-order valence-corrected chi connectivity index (χ0v) is 23.4. The third-order valence-corrected chi connectivity index (χ3v) is 7.74. The number of benzene rings is 3. The predicted octanol–water partition coefficient (Wildman–Crippen LogP) is 5.73. The summed E-state index contributed by atoms with van der Waals surface area (Å²) in [7, 11) is 2.91. The standard InChI is InChI=1S/C33H35N3O5/c1-40-27-18-14-22(15-19-27)31(32(38)35-25-8-4-3-5-9-25)36(26-16-12-23(13-17-26)33(39)41-2)30(37)20-24-21-34-29-11-7-6-10-28(24)29/h6-7,10-19,21,25,31,34H,3-5,8-9,20H2,1-2H3,(H,35,38)/t31-/m1/s1. The van der Waals surface area contributed by atoms with Crippen molar-refractivity contribution in [2.75, 3.05) is 19.1 Å². The highest BCUT2D eigenvalue weighted by Gasteiger charge is 2.34. The minimum Gasteiger partial charge on any atom is -0.497 e. The average Bonchev–Trinajstić information content (AvgIpc) is 3.42. The highest BCUT2D eigenvalue weighted by molar-refractivity contribution is 6.04. The minimum atomic E-state index is -0.940. The van der Waals surface area contributed by atoms with Crippen LogP contribution < -0.4 is 15.0 Å². The van der Waals surface area contributed by atoms with Gasteiger partial charge in [-0.25, -0.2) is 4.79 Å². The smallest absolute Gasteiger partial charge is 0.337 e. The predicted molar refractivity (Wildman–Crippen MR) is 158 cm³/mol. The van der Waals surface area contributed by atoms with Crippen LogP contribution in [0.25, 0.3) is 10.9 Å². The van der Waals surface area contributed by atoms with Crippen LogP contribution in [0.4, 0.5) is 5.69 Å². The highest BCUT2D eigenvalue weighted by Crippen LogP contribution is 2.32. The van der Waals surface area contributed by atoms with Crippen LogP contribution in [0.1, 0.15) is 59.6 Å². The van der Waals surface area contributed by atoms with Gasteiger partial charge in [-0.05, 0) is 66.4 Å². The molecule has 0 bridgehead atoms. The number of anilines is 1. The second kappa shape index (κ2) is 12.7. The van der Waals surface area contributed by atoms with E-state index in [0.717, 1.165) is 48.6 Å². The van der Waals surface area contributed by atoms with Gasteiger partial charge < -0.3 is 19.8 Å². The number of nitrogens with one attached hydrogen (secondary N) is 2. The van der Waals surface area contributed by atoms with Crippen LogP contribution in [0.2, 0.25) is 0 Å². The Morgan fingerprint density at radius 3 is 2.32 bits per heavy atom. The van der Waals surface area contributed by atoms with E-state index in [0.29, 0.717) is 22.6 Å². The van der Waals surface area contributed by atoms with Crippen molar-refractivity contribution in [3.05, 3.63) is 95.7 Å². The summed E-state index contributed by atoms with van der Waals surface area (Å²) in [6.45, 7) is 0. The second-order valence-electron chi connectivity index (χ2n) is 10.4. The highest BCUT2D eigenvalue weighted by atomic mass is 16.5. The SMILES string of the molecule is COC(=O)c1ccc(N(C(=O)Cc2c[nH]c3ccccc23)[C@@H](C(=O)NC2CCCCC2)c2ccc(OC)cc2)cc1. The molecule has 8 heteroatoms. The van der Waals surface area contributed by atoms with Crippen molar-refractivity contribution in [2.24, 2.45) is 0 Å². The summed E-state index contributed by atoms with van der Waals surface area (Å²) in [6, 6.07) is 20.7. The molecule has 1 aliphatic carbocycles. The van der Waals surface area contributed by atoms with E-state index in [9.17, 15) is 14.4 Å². The molecule has 0 radical (unpaired) electrons. The summed E-state index contributed by atoms with van der Waals surface area (Å²) in [4.78, 5) is 45.3. The van der Waals surface area contributed by atoms with Gasteiger partial charge in [-0.2, -0.15) is 0 Å². The van der Waals surface area contributed by atoms with Crippen molar-refractivity contribution in [2.45, 2.75) is 50.6 Å². The zero-order valence-electron chi connectivity index (χ0n) is 23.4. The fourth-order valence-corrected chi connectivity index (χ4v) is 5.57. The number of H-pyrrole nitrogens is 1. The lowest BCUT2D eigenvalue weighted by Gasteiger charge is -2.33. The molecule has 0 aliphatic heterocycles. The molecule has 212 valence electrons. The number of amides is 2. The molecule has 1 heterocycles. The third-order valence-electron chi connectivity index (χ3n) is 7.74. The van der Waals surface area contributed by atoms with Crippen molar-refractivity contribution in [3.63, 3.8) is 0 Å². The van der Waals surface area contributed by atoms with E-state index in [2.05, 4.69) is 10.3 Å². The van der Waals surface area contributed by atoms with Gasteiger partial charge in [0.1, 0.15) is 11.8 Å². The van der Waals surface area contributed by atoms with Gasteiger partial charge in [0.25, 0.3) is 0 Å². The summed E-state index contributed by atoms with van der Waals surface area (Å²) >= 11 is 0. The number of esters is 1. The Morgan fingerprint density at radius 1 is 0.927 bits per heavy atom. The van der Waals surface area contributed by atoms with Crippen LogP contribution >= 0.6 is 0 Å². The first-order valence-corrected chi connectivity index (χ1v) is 14.0. The van der Waals surface area contributed by atoms with Gasteiger partial charge in [0.2, 0.25) is 11.8 Å². The van der Waals surface area contributed by atoms with Crippen LogP contribution in [0.15, 0.2) is 79.0 Å². The average molecular weight is 554 g/mol. The van der Waals surface area contributed by atoms with Gasteiger partial charge in [0.15, 0.2) is 0 Å². The second-order valence-corrected chi connectivity index (χ2v) is 10.4. The quantitative estimate of drug-likeness (QED) is 0.258. The molecule has 1 fully saturated rings. The number of aromatic nitrogens is 1. The molecule has 0 saturated heterocycles. The molecule has 1 aromatic heterocycles.